The summed E-state index contributed by atoms with van der Waals surface area (Å²) in [7, 11) is 0. The molecule has 0 fully saturated rings. The molecule has 0 spiro atoms. The third-order valence-corrected chi connectivity index (χ3v) is 4.30. The highest BCUT2D eigenvalue weighted by molar-refractivity contribution is 6.07. The van der Waals surface area contributed by atoms with Crippen molar-refractivity contribution in [1.29, 1.82) is 5.26 Å². The summed E-state index contributed by atoms with van der Waals surface area (Å²) in [6, 6.07) is 14.2. The maximum atomic E-state index is 12.4. The average molecular weight is 391 g/mol. The average Bonchev–Trinajstić information content (AvgIpc) is 2.70. The first-order chi connectivity index (χ1) is 13.8. The summed E-state index contributed by atoms with van der Waals surface area (Å²) in [6.45, 7) is 7.83. The standard InChI is InChI=1S/C23H25N3O3/c1-5-29-22-10-9-15(2)11-21(22)16(3)25-14-19(13-24)23(28)26-20-8-6-7-18(12-20)17(4)27/h6-12,14,16,25H,5H2,1-4H3,(H,26,28)/b19-14-. The largest absolute Gasteiger partial charge is 0.494 e. The molecular formula is C23H25N3O3. The molecule has 0 bridgehead atoms. The quantitative estimate of drug-likeness (QED) is 0.398. The fraction of sp³-hybridized carbons (Fsp3) is 0.261. The molecule has 0 aromatic heterocycles. The van der Waals surface area contributed by atoms with Gasteiger partial charge < -0.3 is 15.4 Å². The van der Waals surface area contributed by atoms with Gasteiger partial charge >= 0.3 is 0 Å². The summed E-state index contributed by atoms with van der Waals surface area (Å²) in [4.78, 5) is 23.9. The second kappa shape index (κ2) is 10.1. The van der Waals surface area contributed by atoms with Crippen LogP contribution in [0.2, 0.25) is 0 Å². The molecule has 2 aromatic carbocycles. The topological polar surface area (TPSA) is 91.2 Å². The first-order valence-electron chi connectivity index (χ1n) is 9.37. The van der Waals surface area contributed by atoms with E-state index in [0.29, 0.717) is 17.9 Å². The third kappa shape index (κ3) is 5.94. The Kier molecular flexibility index (Phi) is 7.55. The lowest BCUT2D eigenvalue weighted by molar-refractivity contribution is -0.112. The van der Waals surface area contributed by atoms with Crippen molar-refractivity contribution in [2.24, 2.45) is 0 Å². The molecule has 29 heavy (non-hydrogen) atoms. The second-order valence-electron chi connectivity index (χ2n) is 6.62. The second-order valence-corrected chi connectivity index (χ2v) is 6.62. The lowest BCUT2D eigenvalue weighted by Gasteiger charge is -2.18. The molecule has 0 saturated heterocycles. The molecule has 2 N–H and O–H groups in total. The zero-order chi connectivity index (χ0) is 21.4. The molecule has 0 aliphatic carbocycles. The zero-order valence-electron chi connectivity index (χ0n) is 17.1. The number of carbonyl (C=O) groups excluding carboxylic acids is 2. The van der Waals surface area contributed by atoms with Gasteiger partial charge in [-0.05, 0) is 45.9 Å². The van der Waals surface area contributed by atoms with Crippen molar-refractivity contribution in [3.05, 3.63) is 70.9 Å². The number of ether oxygens (including phenoxy) is 1. The number of nitrogens with one attached hydrogen (secondary N) is 2. The number of hydrogen-bond acceptors (Lipinski definition) is 5. The number of nitriles is 1. The Labute approximate surface area is 171 Å². The van der Waals surface area contributed by atoms with E-state index >= 15 is 0 Å². The third-order valence-electron chi connectivity index (χ3n) is 4.30. The first-order valence-corrected chi connectivity index (χ1v) is 9.37. The Bertz CT molecular complexity index is 974. The Morgan fingerprint density at radius 3 is 2.66 bits per heavy atom. The van der Waals surface area contributed by atoms with Gasteiger partial charge in [0.2, 0.25) is 0 Å². The number of ketones is 1. The van der Waals surface area contributed by atoms with Crippen LogP contribution in [-0.4, -0.2) is 18.3 Å². The minimum Gasteiger partial charge on any atom is -0.494 e. The molecule has 1 atom stereocenters. The van der Waals surface area contributed by atoms with E-state index in [4.69, 9.17) is 4.74 Å². The summed E-state index contributed by atoms with van der Waals surface area (Å²) >= 11 is 0. The van der Waals surface area contributed by atoms with Crippen LogP contribution in [0.5, 0.6) is 5.75 Å². The Morgan fingerprint density at radius 2 is 2.00 bits per heavy atom. The molecule has 1 amide bonds. The fourth-order valence-corrected chi connectivity index (χ4v) is 2.75. The summed E-state index contributed by atoms with van der Waals surface area (Å²) in [5.74, 6) is 0.105. The molecule has 6 nitrogen and oxygen atoms in total. The summed E-state index contributed by atoms with van der Waals surface area (Å²) < 4.78 is 5.67. The van der Waals surface area contributed by atoms with E-state index in [-0.39, 0.29) is 17.4 Å². The van der Waals surface area contributed by atoms with Gasteiger partial charge in [-0.1, -0.05) is 29.8 Å². The van der Waals surface area contributed by atoms with Gasteiger partial charge in [-0.2, -0.15) is 5.26 Å². The van der Waals surface area contributed by atoms with Gasteiger partial charge in [-0.15, -0.1) is 0 Å². The lowest BCUT2D eigenvalue weighted by atomic mass is 10.0. The van der Waals surface area contributed by atoms with Crippen molar-refractivity contribution in [2.45, 2.75) is 33.7 Å². The smallest absolute Gasteiger partial charge is 0.267 e. The van der Waals surface area contributed by atoms with E-state index in [1.807, 2.05) is 45.0 Å². The van der Waals surface area contributed by atoms with Gasteiger partial charge in [0.15, 0.2) is 5.78 Å². The van der Waals surface area contributed by atoms with Crippen LogP contribution in [0.15, 0.2) is 54.2 Å². The van der Waals surface area contributed by atoms with Gasteiger partial charge in [0.1, 0.15) is 17.4 Å². The molecular weight excluding hydrogens is 366 g/mol. The highest BCUT2D eigenvalue weighted by atomic mass is 16.5. The van der Waals surface area contributed by atoms with Crippen molar-refractivity contribution < 1.29 is 14.3 Å². The zero-order valence-corrected chi connectivity index (χ0v) is 17.1. The predicted molar refractivity (Wildman–Crippen MR) is 113 cm³/mol. The van der Waals surface area contributed by atoms with E-state index < -0.39 is 5.91 Å². The highest BCUT2D eigenvalue weighted by Gasteiger charge is 2.14. The van der Waals surface area contributed by atoms with Crippen molar-refractivity contribution in [2.75, 3.05) is 11.9 Å². The SMILES string of the molecule is CCOc1ccc(C)cc1C(C)N/C=C(/C#N)C(=O)Nc1cccc(C(C)=O)c1. The van der Waals surface area contributed by atoms with Gasteiger partial charge in [-0.25, -0.2) is 0 Å². The Hall–Kier alpha value is -3.59. The lowest BCUT2D eigenvalue weighted by Crippen LogP contribution is -2.19. The first kappa shape index (κ1) is 21.7. The summed E-state index contributed by atoms with van der Waals surface area (Å²) in [5, 5.41) is 15.1. The maximum Gasteiger partial charge on any atom is 0.267 e. The minimum atomic E-state index is -0.554. The van der Waals surface area contributed by atoms with Crippen LogP contribution in [0.3, 0.4) is 0 Å². The number of Topliss-reactive ketones (excluding diaryl/α,β-unsaturated/α-hetero) is 1. The van der Waals surface area contributed by atoms with E-state index in [1.165, 1.54) is 13.1 Å². The number of carbonyl (C=O) groups is 2. The minimum absolute atomic E-state index is 0.0734. The Morgan fingerprint density at radius 1 is 1.24 bits per heavy atom. The number of amides is 1. The molecule has 0 heterocycles. The molecule has 6 heteroatoms. The molecule has 2 rings (SSSR count). The summed E-state index contributed by atoms with van der Waals surface area (Å²) in [6.07, 6.45) is 1.40. The van der Waals surface area contributed by atoms with E-state index in [1.54, 1.807) is 24.3 Å². The number of rotatable bonds is 8. The van der Waals surface area contributed by atoms with Gasteiger partial charge in [0, 0.05) is 23.0 Å². The van der Waals surface area contributed by atoms with Crippen molar-refractivity contribution in [3.8, 4) is 11.8 Å². The van der Waals surface area contributed by atoms with Crippen LogP contribution in [-0.2, 0) is 4.79 Å². The molecule has 0 aliphatic heterocycles. The number of benzene rings is 2. The van der Waals surface area contributed by atoms with Crippen LogP contribution < -0.4 is 15.4 Å². The molecule has 1 unspecified atom stereocenters. The number of hydrogen-bond donors (Lipinski definition) is 2. The van der Waals surface area contributed by atoms with E-state index in [2.05, 4.69) is 10.6 Å². The van der Waals surface area contributed by atoms with Crippen LogP contribution in [0.4, 0.5) is 5.69 Å². The van der Waals surface area contributed by atoms with E-state index in [9.17, 15) is 14.9 Å². The molecule has 0 saturated carbocycles. The van der Waals surface area contributed by atoms with Crippen LogP contribution in [0, 0.1) is 18.3 Å². The van der Waals surface area contributed by atoms with Crippen molar-refractivity contribution in [3.63, 3.8) is 0 Å². The predicted octanol–water partition coefficient (Wildman–Crippen LogP) is 4.29. The van der Waals surface area contributed by atoms with Gasteiger partial charge in [0.05, 0.1) is 12.6 Å². The number of aryl methyl sites for hydroxylation is 1. The molecule has 0 radical (unpaired) electrons. The number of nitrogens with zero attached hydrogens (tertiary/aromatic N) is 1. The molecule has 0 aliphatic rings. The van der Waals surface area contributed by atoms with Crippen molar-refractivity contribution >= 4 is 17.4 Å². The molecule has 2 aromatic rings. The van der Waals surface area contributed by atoms with Crippen LogP contribution in [0.1, 0.15) is 48.3 Å². The fourth-order valence-electron chi connectivity index (χ4n) is 2.75. The van der Waals surface area contributed by atoms with Gasteiger partial charge in [0.25, 0.3) is 5.91 Å². The van der Waals surface area contributed by atoms with Crippen molar-refractivity contribution in [1.82, 2.24) is 5.32 Å². The Balaban J connectivity index is 2.15. The van der Waals surface area contributed by atoms with Crippen LogP contribution >= 0.6 is 0 Å². The van der Waals surface area contributed by atoms with Gasteiger partial charge in [-0.3, -0.25) is 9.59 Å². The van der Waals surface area contributed by atoms with Crippen LogP contribution in [0.25, 0.3) is 0 Å². The summed E-state index contributed by atoms with van der Waals surface area (Å²) in [5.41, 5.74) is 2.89. The number of anilines is 1. The molecule has 150 valence electrons. The van der Waals surface area contributed by atoms with E-state index in [0.717, 1.165) is 16.9 Å². The highest BCUT2D eigenvalue weighted by Crippen LogP contribution is 2.26. The normalized spacial score (nSPS) is 11.9. The maximum absolute atomic E-state index is 12.4. The monoisotopic (exact) mass is 391 g/mol.